The van der Waals surface area contributed by atoms with Gasteiger partial charge < -0.3 is 11.5 Å². The van der Waals surface area contributed by atoms with E-state index in [2.05, 4.69) is 4.99 Å². The molecule has 0 amide bonds. The van der Waals surface area contributed by atoms with Crippen LogP contribution in [-0.2, 0) is 0 Å². The maximum absolute atomic E-state index is 11.9. The van der Waals surface area contributed by atoms with Crippen molar-refractivity contribution in [3.63, 3.8) is 0 Å². The van der Waals surface area contributed by atoms with Gasteiger partial charge in [-0.2, -0.15) is 0 Å². The lowest BCUT2D eigenvalue weighted by molar-refractivity contribution is 0.377. The fourth-order valence-corrected chi connectivity index (χ4v) is 0.232. The summed E-state index contributed by atoms with van der Waals surface area (Å²) in [6.45, 7) is 1.31. The quantitative estimate of drug-likeness (QED) is 0.413. The van der Waals surface area contributed by atoms with Gasteiger partial charge >= 0.3 is 0 Å². The molecule has 0 aliphatic carbocycles. The zero-order valence-corrected chi connectivity index (χ0v) is 5.21. The molecule has 1 unspecified atom stereocenters. The van der Waals surface area contributed by atoms with E-state index in [0.29, 0.717) is 0 Å². The Kier molecular flexibility index (Phi) is 3.43. The van der Waals surface area contributed by atoms with Crippen molar-refractivity contribution in [3.8, 4) is 0 Å². The Balaban J connectivity index is 3.71. The first-order chi connectivity index (χ1) is 4.16. The van der Waals surface area contributed by atoms with Gasteiger partial charge in [0.2, 0.25) is 0 Å². The fourth-order valence-electron chi connectivity index (χ4n) is 0.232. The Morgan fingerprint density at radius 1 is 1.78 bits per heavy atom. The van der Waals surface area contributed by atoms with Crippen LogP contribution in [0.2, 0.25) is 0 Å². The molecule has 0 aromatic carbocycles. The molecule has 9 heavy (non-hydrogen) atoms. The highest BCUT2D eigenvalue weighted by molar-refractivity contribution is 5.76. The lowest BCUT2D eigenvalue weighted by Gasteiger charge is -1.90. The van der Waals surface area contributed by atoms with Crippen molar-refractivity contribution in [3.05, 3.63) is 11.9 Å². The molecule has 0 rings (SSSR count). The lowest BCUT2D eigenvalue weighted by Crippen LogP contribution is -2.02. The molecular formula is C5H10FN3. The second kappa shape index (κ2) is 3.88. The third kappa shape index (κ3) is 4.80. The van der Waals surface area contributed by atoms with E-state index in [1.54, 1.807) is 0 Å². The monoisotopic (exact) mass is 131 g/mol. The number of alkyl halides is 1. The van der Waals surface area contributed by atoms with E-state index < -0.39 is 6.30 Å². The summed E-state index contributed by atoms with van der Waals surface area (Å²) in [4.78, 5) is 3.33. The van der Waals surface area contributed by atoms with Crippen LogP contribution in [-0.4, -0.2) is 12.5 Å². The zero-order valence-electron chi connectivity index (χ0n) is 5.21. The number of nitrogens with zero attached hydrogens (tertiary/aromatic N) is 1. The van der Waals surface area contributed by atoms with Crippen molar-refractivity contribution >= 4 is 6.21 Å². The molecular weight excluding hydrogens is 121 g/mol. The van der Waals surface area contributed by atoms with Gasteiger partial charge in [-0.1, -0.05) is 0 Å². The van der Waals surface area contributed by atoms with Gasteiger partial charge in [-0.05, 0) is 6.92 Å². The van der Waals surface area contributed by atoms with Crippen LogP contribution in [0.1, 0.15) is 6.92 Å². The normalized spacial score (nSPS) is 16.4. The van der Waals surface area contributed by atoms with Crippen LogP contribution in [0.4, 0.5) is 4.39 Å². The van der Waals surface area contributed by atoms with Crippen LogP contribution in [0.3, 0.4) is 0 Å². The highest BCUT2D eigenvalue weighted by Gasteiger charge is 1.87. The molecule has 0 fully saturated rings. The van der Waals surface area contributed by atoms with E-state index in [9.17, 15) is 4.39 Å². The standard InChI is InChI=1S/C5H10FN3/c1-4(6)9-3-5(8)2-7/h2-4H,7-8H2,1H3/b5-2+,9-3+. The third-order valence-corrected chi connectivity index (χ3v) is 0.621. The van der Waals surface area contributed by atoms with Gasteiger partial charge in [-0.3, -0.25) is 4.99 Å². The number of nitrogens with two attached hydrogens (primary N) is 2. The number of hydrogen-bond donors (Lipinski definition) is 2. The van der Waals surface area contributed by atoms with E-state index in [1.165, 1.54) is 13.1 Å². The van der Waals surface area contributed by atoms with Crippen LogP contribution < -0.4 is 11.5 Å². The molecule has 0 aromatic heterocycles. The number of rotatable bonds is 2. The molecule has 0 bridgehead atoms. The highest BCUT2D eigenvalue weighted by atomic mass is 19.1. The van der Waals surface area contributed by atoms with Gasteiger partial charge in [0.15, 0.2) is 6.30 Å². The second-order valence-electron chi connectivity index (χ2n) is 1.52. The summed E-state index contributed by atoms with van der Waals surface area (Å²) in [5.74, 6) is 0. The molecule has 4 N–H and O–H groups in total. The molecule has 0 aliphatic heterocycles. The third-order valence-electron chi connectivity index (χ3n) is 0.621. The minimum absolute atomic E-state index is 0.263. The Bertz CT molecular complexity index is 128. The topological polar surface area (TPSA) is 64.4 Å². The summed E-state index contributed by atoms with van der Waals surface area (Å²) in [6, 6.07) is 0. The average Bonchev–Trinajstić information content (AvgIpc) is 1.83. The van der Waals surface area contributed by atoms with Gasteiger partial charge in [-0.25, -0.2) is 4.39 Å². The smallest absolute Gasteiger partial charge is 0.187 e. The van der Waals surface area contributed by atoms with Crippen molar-refractivity contribution in [1.29, 1.82) is 0 Å². The summed E-state index contributed by atoms with van der Waals surface area (Å²) in [5.41, 5.74) is 10.4. The predicted molar refractivity (Wildman–Crippen MR) is 35.5 cm³/mol. The number of halogens is 1. The van der Waals surface area contributed by atoms with Crippen molar-refractivity contribution in [1.82, 2.24) is 0 Å². The molecule has 0 aromatic rings. The molecule has 0 saturated carbocycles. The van der Waals surface area contributed by atoms with Crippen molar-refractivity contribution in [2.24, 2.45) is 16.5 Å². The molecule has 0 aliphatic rings. The Morgan fingerprint density at radius 3 is 2.67 bits per heavy atom. The number of allylic oxidation sites excluding steroid dienone is 1. The van der Waals surface area contributed by atoms with E-state index in [-0.39, 0.29) is 5.70 Å². The lowest BCUT2D eigenvalue weighted by atomic mass is 10.5. The molecule has 0 heterocycles. The van der Waals surface area contributed by atoms with E-state index >= 15 is 0 Å². The molecule has 0 saturated heterocycles. The SMILES string of the molecule is CC(F)/N=C/C(N)=C\N. The Morgan fingerprint density at radius 2 is 2.33 bits per heavy atom. The van der Waals surface area contributed by atoms with Crippen LogP contribution >= 0.6 is 0 Å². The average molecular weight is 131 g/mol. The summed E-state index contributed by atoms with van der Waals surface area (Å²) >= 11 is 0. The molecule has 1 atom stereocenters. The summed E-state index contributed by atoms with van der Waals surface area (Å²) in [6.07, 6.45) is 1.12. The van der Waals surface area contributed by atoms with Gasteiger partial charge in [0.1, 0.15) is 0 Å². The van der Waals surface area contributed by atoms with Gasteiger partial charge in [0.05, 0.1) is 5.70 Å². The molecule has 0 spiro atoms. The molecule has 4 heteroatoms. The van der Waals surface area contributed by atoms with Gasteiger partial charge in [0.25, 0.3) is 0 Å². The molecule has 0 radical (unpaired) electrons. The largest absolute Gasteiger partial charge is 0.403 e. The van der Waals surface area contributed by atoms with Gasteiger partial charge in [-0.15, -0.1) is 0 Å². The molecule has 3 nitrogen and oxygen atoms in total. The first kappa shape index (κ1) is 7.94. The van der Waals surface area contributed by atoms with Crippen molar-refractivity contribution in [2.75, 3.05) is 0 Å². The summed E-state index contributed by atoms with van der Waals surface area (Å²) in [5, 5.41) is 0. The second-order valence-corrected chi connectivity index (χ2v) is 1.52. The summed E-state index contributed by atoms with van der Waals surface area (Å²) < 4.78 is 11.9. The van der Waals surface area contributed by atoms with Crippen LogP contribution in [0, 0.1) is 0 Å². The van der Waals surface area contributed by atoms with Crippen LogP contribution in [0.15, 0.2) is 16.9 Å². The number of hydrogen-bond acceptors (Lipinski definition) is 3. The van der Waals surface area contributed by atoms with Crippen molar-refractivity contribution in [2.45, 2.75) is 13.2 Å². The van der Waals surface area contributed by atoms with Crippen LogP contribution in [0.5, 0.6) is 0 Å². The maximum Gasteiger partial charge on any atom is 0.187 e. The zero-order chi connectivity index (χ0) is 7.28. The Hall–Kier alpha value is -1.06. The van der Waals surface area contributed by atoms with Gasteiger partial charge in [0, 0.05) is 12.4 Å². The van der Waals surface area contributed by atoms with Crippen LogP contribution in [0.25, 0.3) is 0 Å². The van der Waals surface area contributed by atoms with E-state index in [0.717, 1.165) is 6.20 Å². The predicted octanol–water partition coefficient (Wildman–Crippen LogP) is 0.132. The number of aliphatic imine (C=N–C) groups is 1. The highest BCUT2D eigenvalue weighted by Crippen LogP contribution is 1.87. The minimum atomic E-state index is -1.22. The maximum atomic E-state index is 11.9. The fraction of sp³-hybridized carbons (Fsp3) is 0.400. The summed E-state index contributed by atoms with van der Waals surface area (Å²) in [7, 11) is 0. The molecule has 52 valence electrons. The van der Waals surface area contributed by atoms with E-state index in [1.807, 2.05) is 0 Å². The first-order valence-corrected chi connectivity index (χ1v) is 2.51. The van der Waals surface area contributed by atoms with E-state index in [4.69, 9.17) is 11.5 Å². The first-order valence-electron chi connectivity index (χ1n) is 2.51. The van der Waals surface area contributed by atoms with Crippen molar-refractivity contribution < 1.29 is 4.39 Å². The Labute approximate surface area is 53.3 Å². The minimum Gasteiger partial charge on any atom is -0.403 e.